The molecule has 0 aliphatic carbocycles. The summed E-state index contributed by atoms with van der Waals surface area (Å²) in [7, 11) is 0. The van der Waals surface area contributed by atoms with Crippen molar-refractivity contribution >= 4 is 12.6 Å². The monoisotopic (exact) mass is 177 g/mol. The van der Waals surface area contributed by atoms with E-state index in [4.69, 9.17) is 0 Å². The van der Waals surface area contributed by atoms with E-state index in [-0.39, 0.29) is 0 Å². The SMILES string of the molecule is O=CNCC1=CC2C=NC=CC2N1. The van der Waals surface area contributed by atoms with E-state index >= 15 is 0 Å². The van der Waals surface area contributed by atoms with Gasteiger partial charge in [-0.2, -0.15) is 0 Å². The van der Waals surface area contributed by atoms with Crippen molar-refractivity contribution in [3.63, 3.8) is 0 Å². The molecule has 0 spiro atoms. The predicted octanol–water partition coefficient (Wildman–Crippen LogP) is -0.198. The molecule has 0 aromatic rings. The van der Waals surface area contributed by atoms with Gasteiger partial charge in [-0.15, -0.1) is 0 Å². The molecule has 2 atom stereocenters. The Bertz CT molecular complexity index is 293. The minimum absolute atomic E-state index is 0.320. The number of amides is 1. The van der Waals surface area contributed by atoms with Gasteiger partial charge in [0.1, 0.15) is 0 Å². The van der Waals surface area contributed by atoms with Crippen molar-refractivity contribution in [2.75, 3.05) is 6.54 Å². The average molecular weight is 177 g/mol. The summed E-state index contributed by atoms with van der Waals surface area (Å²) in [6.07, 6.45) is 8.52. The van der Waals surface area contributed by atoms with Crippen molar-refractivity contribution in [3.05, 3.63) is 24.0 Å². The molecule has 2 aliphatic heterocycles. The molecule has 4 heteroatoms. The van der Waals surface area contributed by atoms with Gasteiger partial charge in [0.25, 0.3) is 0 Å². The fourth-order valence-corrected chi connectivity index (χ4v) is 1.56. The van der Waals surface area contributed by atoms with Gasteiger partial charge in [-0.3, -0.25) is 9.79 Å². The molecule has 68 valence electrons. The maximum atomic E-state index is 10.1. The van der Waals surface area contributed by atoms with Gasteiger partial charge >= 0.3 is 0 Å². The predicted molar refractivity (Wildman–Crippen MR) is 50.2 cm³/mol. The van der Waals surface area contributed by atoms with E-state index in [9.17, 15) is 4.79 Å². The van der Waals surface area contributed by atoms with E-state index in [1.54, 1.807) is 6.20 Å². The van der Waals surface area contributed by atoms with E-state index in [0.29, 0.717) is 24.9 Å². The van der Waals surface area contributed by atoms with Crippen LogP contribution in [0.25, 0.3) is 0 Å². The van der Waals surface area contributed by atoms with Crippen LogP contribution in [-0.2, 0) is 4.79 Å². The van der Waals surface area contributed by atoms with Crippen molar-refractivity contribution in [2.24, 2.45) is 10.9 Å². The highest BCUT2D eigenvalue weighted by atomic mass is 16.1. The lowest BCUT2D eigenvalue weighted by Crippen LogP contribution is -2.30. The van der Waals surface area contributed by atoms with Crippen LogP contribution in [0.5, 0.6) is 0 Å². The first-order valence-electron chi connectivity index (χ1n) is 4.24. The molecule has 0 radical (unpaired) electrons. The minimum Gasteiger partial charge on any atom is -0.380 e. The van der Waals surface area contributed by atoms with Gasteiger partial charge in [0, 0.05) is 24.0 Å². The summed E-state index contributed by atoms with van der Waals surface area (Å²) in [5, 5.41) is 5.91. The largest absolute Gasteiger partial charge is 0.380 e. The molecule has 0 bridgehead atoms. The van der Waals surface area contributed by atoms with Crippen LogP contribution < -0.4 is 10.6 Å². The lowest BCUT2D eigenvalue weighted by Gasteiger charge is -2.14. The smallest absolute Gasteiger partial charge is 0.207 e. The van der Waals surface area contributed by atoms with Crippen LogP contribution in [0.4, 0.5) is 0 Å². The zero-order chi connectivity index (χ0) is 9.10. The standard InChI is InChI=1S/C9H11N3O/c13-6-11-5-8-3-7-4-10-2-1-9(7)12-8/h1-4,6-7,9,12H,5H2,(H,11,13). The van der Waals surface area contributed by atoms with Crippen LogP contribution in [0, 0.1) is 5.92 Å². The number of rotatable bonds is 3. The van der Waals surface area contributed by atoms with Gasteiger partial charge in [0.2, 0.25) is 6.41 Å². The highest BCUT2D eigenvalue weighted by Gasteiger charge is 2.24. The Balaban J connectivity index is 1.98. The zero-order valence-electron chi connectivity index (χ0n) is 7.10. The van der Waals surface area contributed by atoms with Crippen LogP contribution in [0.15, 0.2) is 29.0 Å². The van der Waals surface area contributed by atoms with Crippen molar-refractivity contribution in [2.45, 2.75) is 6.04 Å². The molecule has 0 aromatic carbocycles. The quantitative estimate of drug-likeness (QED) is 0.587. The van der Waals surface area contributed by atoms with E-state index < -0.39 is 0 Å². The first kappa shape index (κ1) is 8.04. The Labute approximate surface area is 76.4 Å². The Kier molecular flexibility index (Phi) is 2.12. The maximum Gasteiger partial charge on any atom is 0.207 e. The summed E-state index contributed by atoms with van der Waals surface area (Å²) in [5.41, 5.74) is 1.06. The molecule has 2 heterocycles. The number of carbonyl (C=O) groups is 1. The molecule has 1 amide bonds. The van der Waals surface area contributed by atoms with Crippen molar-refractivity contribution in [3.8, 4) is 0 Å². The van der Waals surface area contributed by atoms with Crippen molar-refractivity contribution < 1.29 is 4.79 Å². The van der Waals surface area contributed by atoms with Gasteiger partial charge in [0.15, 0.2) is 0 Å². The van der Waals surface area contributed by atoms with E-state index in [1.807, 2.05) is 12.3 Å². The molecule has 0 aromatic heterocycles. The summed E-state index contributed by atoms with van der Waals surface area (Å²) in [5.74, 6) is 0.341. The third kappa shape index (κ3) is 1.61. The number of aliphatic imine (C=N–C) groups is 1. The zero-order valence-corrected chi connectivity index (χ0v) is 7.10. The average Bonchev–Trinajstić information content (AvgIpc) is 2.57. The molecule has 0 fully saturated rings. The number of carbonyl (C=O) groups excluding carboxylic acids is 1. The number of nitrogens with zero attached hydrogens (tertiary/aromatic N) is 1. The highest BCUT2D eigenvalue weighted by molar-refractivity contribution is 5.68. The third-order valence-electron chi connectivity index (χ3n) is 2.17. The van der Waals surface area contributed by atoms with E-state index in [2.05, 4.69) is 21.7 Å². The Morgan fingerprint density at radius 1 is 1.69 bits per heavy atom. The molecule has 13 heavy (non-hydrogen) atoms. The lowest BCUT2D eigenvalue weighted by atomic mass is 10.0. The van der Waals surface area contributed by atoms with Gasteiger partial charge in [-0.25, -0.2) is 0 Å². The summed E-state index contributed by atoms with van der Waals surface area (Å²) < 4.78 is 0. The molecule has 2 aliphatic rings. The van der Waals surface area contributed by atoms with Gasteiger partial charge < -0.3 is 10.6 Å². The summed E-state index contributed by atoms with van der Waals surface area (Å²) in [4.78, 5) is 14.1. The fourth-order valence-electron chi connectivity index (χ4n) is 1.56. The molecular weight excluding hydrogens is 166 g/mol. The second kappa shape index (κ2) is 3.43. The van der Waals surface area contributed by atoms with E-state index in [0.717, 1.165) is 5.70 Å². The van der Waals surface area contributed by atoms with Gasteiger partial charge in [-0.1, -0.05) is 6.08 Å². The van der Waals surface area contributed by atoms with Crippen molar-refractivity contribution in [1.82, 2.24) is 10.6 Å². The minimum atomic E-state index is 0.320. The number of hydrogen-bond donors (Lipinski definition) is 2. The van der Waals surface area contributed by atoms with Crippen LogP contribution in [-0.4, -0.2) is 25.2 Å². The maximum absolute atomic E-state index is 10.1. The number of hydrogen-bond acceptors (Lipinski definition) is 3. The second-order valence-corrected chi connectivity index (χ2v) is 3.08. The van der Waals surface area contributed by atoms with Crippen LogP contribution in [0.3, 0.4) is 0 Å². The van der Waals surface area contributed by atoms with Gasteiger partial charge in [-0.05, 0) is 6.08 Å². The fraction of sp³-hybridized carbons (Fsp3) is 0.333. The van der Waals surface area contributed by atoms with E-state index in [1.165, 1.54) is 0 Å². The molecule has 0 saturated heterocycles. The Morgan fingerprint density at radius 2 is 2.62 bits per heavy atom. The Morgan fingerprint density at radius 3 is 3.38 bits per heavy atom. The molecule has 0 saturated carbocycles. The summed E-state index contributed by atoms with van der Waals surface area (Å²) in [6.45, 7) is 0.568. The highest BCUT2D eigenvalue weighted by Crippen LogP contribution is 2.18. The molecule has 4 nitrogen and oxygen atoms in total. The number of nitrogens with one attached hydrogen (secondary N) is 2. The normalized spacial score (nSPS) is 29.1. The molecule has 2 N–H and O–H groups in total. The first-order valence-corrected chi connectivity index (χ1v) is 4.24. The lowest BCUT2D eigenvalue weighted by molar-refractivity contribution is -0.109. The van der Waals surface area contributed by atoms with Gasteiger partial charge in [0.05, 0.1) is 12.6 Å². The van der Waals surface area contributed by atoms with Crippen LogP contribution in [0.1, 0.15) is 0 Å². The topological polar surface area (TPSA) is 53.5 Å². The Hall–Kier alpha value is -1.58. The summed E-state index contributed by atoms with van der Waals surface area (Å²) in [6, 6.07) is 0.320. The van der Waals surface area contributed by atoms with Crippen LogP contribution >= 0.6 is 0 Å². The number of fused-ring (bicyclic) bond motifs is 1. The molecule has 2 rings (SSSR count). The molecule has 2 unspecified atom stereocenters. The van der Waals surface area contributed by atoms with Crippen LogP contribution in [0.2, 0.25) is 0 Å². The van der Waals surface area contributed by atoms with Crippen molar-refractivity contribution in [1.29, 1.82) is 0 Å². The first-order chi connectivity index (χ1) is 6.40. The third-order valence-corrected chi connectivity index (χ3v) is 2.17. The molecular formula is C9H11N3O. The summed E-state index contributed by atoms with van der Waals surface area (Å²) >= 11 is 0. The second-order valence-electron chi connectivity index (χ2n) is 3.08.